The maximum absolute atomic E-state index is 9.63. The number of nitriles is 1. The summed E-state index contributed by atoms with van der Waals surface area (Å²) in [6.45, 7) is 2.26. The molecule has 0 radical (unpaired) electrons. The second-order valence-corrected chi connectivity index (χ2v) is 8.74. The number of hydrogen-bond acceptors (Lipinski definition) is 4. The van der Waals surface area contributed by atoms with Crippen molar-refractivity contribution in [2.24, 2.45) is 5.92 Å². The number of hydrogen-bond donors (Lipinski definition) is 1. The summed E-state index contributed by atoms with van der Waals surface area (Å²) in [6, 6.07) is 13.6. The molecule has 1 aliphatic rings. The van der Waals surface area contributed by atoms with Gasteiger partial charge in [-0.25, -0.2) is 0 Å². The van der Waals surface area contributed by atoms with E-state index in [0.29, 0.717) is 21.7 Å². The van der Waals surface area contributed by atoms with Gasteiger partial charge in [-0.05, 0) is 67.1 Å². The maximum Gasteiger partial charge on any atom is 0.162 e. The highest BCUT2D eigenvalue weighted by Crippen LogP contribution is 2.39. The van der Waals surface area contributed by atoms with E-state index in [9.17, 15) is 5.26 Å². The van der Waals surface area contributed by atoms with Gasteiger partial charge in [-0.15, -0.1) is 11.3 Å². The zero-order valence-electron chi connectivity index (χ0n) is 14.7. The van der Waals surface area contributed by atoms with Crippen molar-refractivity contribution in [3.8, 4) is 17.4 Å². The Labute approximate surface area is 172 Å². The molecule has 0 bridgehead atoms. The molecule has 1 aliphatic carbocycles. The number of halogens is 1. The van der Waals surface area contributed by atoms with Gasteiger partial charge in [0.05, 0.1) is 5.56 Å². The van der Waals surface area contributed by atoms with E-state index in [0.717, 1.165) is 41.2 Å². The fraction of sp³-hybridized carbons (Fsp3) is 0.238. The number of nitrogens with one attached hydrogen (secondary N) is 1. The summed E-state index contributed by atoms with van der Waals surface area (Å²) in [4.78, 5) is 1.79. The molecule has 2 aromatic heterocycles. The van der Waals surface area contributed by atoms with Crippen molar-refractivity contribution in [3.63, 3.8) is 0 Å². The lowest BCUT2D eigenvalue weighted by molar-refractivity contribution is 0.507. The predicted octanol–water partition coefficient (Wildman–Crippen LogP) is 6.45. The first-order valence-corrected chi connectivity index (χ1v) is 10.4. The molecule has 0 saturated carbocycles. The average Bonchev–Trinajstić information content (AvgIpc) is 3.26. The van der Waals surface area contributed by atoms with Crippen LogP contribution in [-0.4, -0.2) is 4.99 Å². The summed E-state index contributed by atoms with van der Waals surface area (Å²) in [5.74, 6) is 1.97. The van der Waals surface area contributed by atoms with Crippen LogP contribution in [0.15, 0.2) is 40.8 Å². The van der Waals surface area contributed by atoms with Gasteiger partial charge in [0.1, 0.15) is 21.8 Å². The van der Waals surface area contributed by atoms with Gasteiger partial charge in [0.25, 0.3) is 0 Å². The van der Waals surface area contributed by atoms with Crippen LogP contribution in [0.2, 0.25) is 5.02 Å². The van der Waals surface area contributed by atoms with Gasteiger partial charge in [0.2, 0.25) is 0 Å². The van der Waals surface area contributed by atoms with Crippen LogP contribution in [0, 0.1) is 17.2 Å². The van der Waals surface area contributed by atoms with Crippen molar-refractivity contribution in [1.82, 2.24) is 0 Å². The monoisotopic (exact) mass is 412 g/mol. The van der Waals surface area contributed by atoms with Crippen LogP contribution in [0.4, 0.5) is 5.00 Å². The lowest BCUT2D eigenvalue weighted by atomic mass is 9.89. The summed E-state index contributed by atoms with van der Waals surface area (Å²) in [7, 11) is 0. The van der Waals surface area contributed by atoms with Crippen LogP contribution in [0.25, 0.3) is 11.3 Å². The van der Waals surface area contributed by atoms with Crippen molar-refractivity contribution in [2.45, 2.75) is 26.2 Å². The zero-order valence-corrected chi connectivity index (χ0v) is 17.1. The Kier molecular flexibility index (Phi) is 5.05. The molecule has 27 heavy (non-hydrogen) atoms. The summed E-state index contributed by atoms with van der Waals surface area (Å²) in [5, 5.41) is 14.4. The highest BCUT2D eigenvalue weighted by molar-refractivity contribution is 7.81. The normalized spacial score (nSPS) is 15.8. The predicted molar refractivity (Wildman–Crippen MR) is 115 cm³/mol. The second kappa shape index (κ2) is 7.47. The molecule has 136 valence electrons. The van der Waals surface area contributed by atoms with Crippen LogP contribution >= 0.6 is 35.2 Å². The molecule has 2 heterocycles. The van der Waals surface area contributed by atoms with Gasteiger partial charge in [-0.3, -0.25) is 0 Å². The fourth-order valence-corrected chi connectivity index (χ4v) is 5.12. The Morgan fingerprint density at radius 2 is 2.07 bits per heavy atom. The number of furan rings is 1. The highest BCUT2D eigenvalue weighted by Gasteiger charge is 2.24. The first-order chi connectivity index (χ1) is 13.0. The number of thiocarbonyl (C=S) groups is 1. The minimum atomic E-state index is 0.485. The van der Waals surface area contributed by atoms with Gasteiger partial charge in [0.15, 0.2) is 5.76 Å². The Morgan fingerprint density at radius 1 is 1.30 bits per heavy atom. The molecule has 1 N–H and O–H groups in total. The largest absolute Gasteiger partial charge is 0.454 e. The molecule has 0 spiro atoms. The molecule has 0 saturated heterocycles. The lowest BCUT2D eigenvalue weighted by Crippen LogP contribution is -2.10. The fourth-order valence-electron chi connectivity index (χ4n) is 3.35. The van der Waals surface area contributed by atoms with Crippen molar-refractivity contribution in [3.05, 3.63) is 63.2 Å². The standard InChI is InChI=1S/C21H17ClN2OS2/c1-12-2-7-15-16(11-23)21(27-19(15)10-12)24-20(26)18-9-8-17(25-18)13-3-5-14(22)6-4-13/h3-6,8-9,12H,2,7,10H2,1H3,(H,24,26). The summed E-state index contributed by atoms with van der Waals surface area (Å²) < 4.78 is 5.91. The third-order valence-electron chi connectivity index (χ3n) is 4.81. The number of anilines is 1. The van der Waals surface area contributed by atoms with E-state index < -0.39 is 0 Å². The topological polar surface area (TPSA) is 49.0 Å². The molecule has 0 fully saturated rings. The average molecular weight is 413 g/mol. The Hall–Kier alpha value is -2.13. The molecular weight excluding hydrogens is 396 g/mol. The molecule has 3 nitrogen and oxygen atoms in total. The van der Waals surface area contributed by atoms with Crippen molar-refractivity contribution in [2.75, 3.05) is 5.32 Å². The van der Waals surface area contributed by atoms with Gasteiger partial charge >= 0.3 is 0 Å². The lowest BCUT2D eigenvalue weighted by Gasteiger charge is -2.17. The highest BCUT2D eigenvalue weighted by atomic mass is 35.5. The van der Waals surface area contributed by atoms with Crippen molar-refractivity contribution < 1.29 is 4.42 Å². The maximum atomic E-state index is 9.63. The van der Waals surface area contributed by atoms with E-state index in [1.807, 2.05) is 36.4 Å². The second-order valence-electron chi connectivity index (χ2n) is 6.79. The molecule has 3 aromatic rings. The first-order valence-electron chi connectivity index (χ1n) is 8.77. The van der Waals surface area contributed by atoms with Gasteiger partial charge in [0, 0.05) is 15.5 Å². The van der Waals surface area contributed by atoms with E-state index in [4.69, 9.17) is 28.2 Å². The molecular formula is C21H17ClN2OS2. The van der Waals surface area contributed by atoms with E-state index in [2.05, 4.69) is 18.3 Å². The van der Waals surface area contributed by atoms with Gasteiger partial charge in [-0.2, -0.15) is 5.26 Å². The van der Waals surface area contributed by atoms with Crippen molar-refractivity contribution >= 4 is 45.1 Å². The van der Waals surface area contributed by atoms with E-state index >= 15 is 0 Å². The van der Waals surface area contributed by atoms with E-state index in [-0.39, 0.29) is 0 Å². The smallest absolute Gasteiger partial charge is 0.162 e. The Balaban J connectivity index is 1.57. The quantitative estimate of drug-likeness (QED) is 0.502. The van der Waals surface area contributed by atoms with Crippen LogP contribution in [0.1, 0.15) is 35.1 Å². The zero-order chi connectivity index (χ0) is 19.0. The first kappa shape index (κ1) is 18.2. The van der Waals surface area contributed by atoms with Crippen LogP contribution in [-0.2, 0) is 12.8 Å². The summed E-state index contributed by atoms with van der Waals surface area (Å²) in [5.41, 5.74) is 2.85. The van der Waals surface area contributed by atoms with Gasteiger partial charge < -0.3 is 9.73 Å². The molecule has 6 heteroatoms. The number of benzene rings is 1. The van der Waals surface area contributed by atoms with Crippen LogP contribution in [0.5, 0.6) is 0 Å². The number of fused-ring (bicyclic) bond motifs is 1. The summed E-state index contributed by atoms with van der Waals surface area (Å²) in [6.07, 6.45) is 3.13. The molecule has 0 amide bonds. The minimum absolute atomic E-state index is 0.485. The van der Waals surface area contributed by atoms with E-state index in [1.54, 1.807) is 11.3 Å². The van der Waals surface area contributed by atoms with E-state index in [1.165, 1.54) is 10.4 Å². The van der Waals surface area contributed by atoms with Crippen LogP contribution in [0.3, 0.4) is 0 Å². The van der Waals surface area contributed by atoms with Crippen molar-refractivity contribution in [1.29, 1.82) is 5.26 Å². The third kappa shape index (κ3) is 3.66. The van der Waals surface area contributed by atoms with Gasteiger partial charge in [-0.1, -0.05) is 30.7 Å². The SMILES string of the molecule is CC1CCc2c(sc(NC(=S)c3ccc(-c4ccc(Cl)cc4)o3)c2C#N)C1. The third-order valence-corrected chi connectivity index (χ3v) is 6.53. The molecule has 0 aliphatic heterocycles. The number of thiophene rings is 1. The molecule has 1 atom stereocenters. The Morgan fingerprint density at radius 3 is 2.81 bits per heavy atom. The number of nitrogens with zero attached hydrogens (tertiary/aromatic N) is 1. The Bertz CT molecular complexity index is 1040. The molecule has 1 aromatic carbocycles. The molecule has 4 rings (SSSR count). The summed E-state index contributed by atoms with van der Waals surface area (Å²) >= 11 is 13.1. The minimum Gasteiger partial charge on any atom is -0.454 e. The van der Waals surface area contributed by atoms with Crippen LogP contribution < -0.4 is 5.32 Å². The molecule has 1 unspecified atom stereocenters. The number of rotatable bonds is 3.